The molecule has 0 saturated heterocycles. The minimum Gasteiger partial charge on any atom is -0.392 e. The molecule has 6 nitrogen and oxygen atoms in total. The third kappa shape index (κ3) is 3.60. The number of nitrogens with one attached hydrogen (secondary N) is 1. The smallest absolute Gasteiger partial charge is 0.240 e. The Labute approximate surface area is 117 Å². The van der Waals surface area contributed by atoms with E-state index in [1.54, 1.807) is 31.3 Å². The van der Waals surface area contributed by atoms with Gasteiger partial charge in [0.2, 0.25) is 10.0 Å². The molecule has 0 atom stereocenters. The number of aliphatic hydroxyl groups is 1. The van der Waals surface area contributed by atoms with Crippen molar-refractivity contribution in [3.8, 4) is 0 Å². The van der Waals surface area contributed by atoms with Crippen LogP contribution in [0.3, 0.4) is 0 Å². The van der Waals surface area contributed by atoms with Gasteiger partial charge in [0.05, 0.1) is 23.7 Å². The van der Waals surface area contributed by atoms with Gasteiger partial charge in [-0.3, -0.25) is 0 Å². The highest BCUT2D eigenvalue weighted by Crippen LogP contribution is 2.11. The Morgan fingerprint density at radius 1 is 1.20 bits per heavy atom. The summed E-state index contributed by atoms with van der Waals surface area (Å²) in [6, 6.07) is 7.72. The molecular formula is C13H15N3O3S. The summed E-state index contributed by atoms with van der Waals surface area (Å²) >= 11 is 0. The van der Waals surface area contributed by atoms with Gasteiger partial charge in [0.1, 0.15) is 5.82 Å². The van der Waals surface area contributed by atoms with Crippen LogP contribution in [0.25, 0.3) is 0 Å². The number of hydrogen-bond donors (Lipinski definition) is 2. The highest BCUT2D eigenvalue weighted by atomic mass is 32.2. The monoisotopic (exact) mass is 293 g/mol. The molecule has 0 fully saturated rings. The Balaban J connectivity index is 2.10. The van der Waals surface area contributed by atoms with Crippen LogP contribution in [0.4, 0.5) is 0 Å². The maximum atomic E-state index is 12.1. The molecule has 2 N–H and O–H groups in total. The second-order valence-electron chi connectivity index (χ2n) is 4.22. The molecule has 0 bridgehead atoms. The van der Waals surface area contributed by atoms with Gasteiger partial charge >= 0.3 is 0 Å². The molecule has 2 aromatic rings. The van der Waals surface area contributed by atoms with Gasteiger partial charge < -0.3 is 5.11 Å². The van der Waals surface area contributed by atoms with Crippen molar-refractivity contribution in [3.05, 3.63) is 53.6 Å². The number of aryl methyl sites for hydroxylation is 1. The highest BCUT2D eigenvalue weighted by molar-refractivity contribution is 7.89. The number of nitrogens with zero attached hydrogens (tertiary/aromatic N) is 2. The summed E-state index contributed by atoms with van der Waals surface area (Å²) < 4.78 is 26.6. The Morgan fingerprint density at radius 3 is 2.50 bits per heavy atom. The molecule has 0 spiro atoms. The SMILES string of the molecule is Cc1nccc(CNS(=O)(=O)c2ccc(CO)cc2)n1. The molecule has 0 aliphatic rings. The van der Waals surface area contributed by atoms with E-state index >= 15 is 0 Å². The van der Waals surface area contributed by atoms with Crippen LogP contribution < -0.4 is 4.72 Å². The van der Waals surface area contributed by atoms with Crippen LogP contribution in [-0.4, -0.2) is 23.5 Å². The molecular weight excluding hydrogens is 278 g/mol. The topological polar surface area (TPSA) is 92.2 Å². The quantitative estimate of drug-likeness (QED) is 0.849. The molecule has 0 unspecified atom stereocenters. The highest BCUT2D eigenvalue weighted by Gasteiger charge is 2.13. The fourth-order valence-electron chi connectivity index (χ4n) is 1.63. The lowest BCUT2D eigenvalue weighted by molar-refractivity contribution is 0.282. The van der Waals surface area contributed by atoms with E-state index in [0.717, 1.165) is 0 Å². The molecule has 20 heavy (non-hydrogen) atoms. The molecule has 0 amide bonds. The number of aromatic nitrogens is 2. The minimum atomic E-state index is -3.59. The summed E-state index contributed by atoms with van der Waals surface area (Å²) in [4.78, 5) is 8.23. The van der Waals surface area contributed by atoms with Gasteiger partial charge in [-0.1, -0.05) is 12.1 Å². The van der Waals surface area contributed by atoms with E-state index in [0.29, 0.717) is 17.1 Å². The summed E-state index contributed by atoms with van der Waals surface area (Å²) in [5, 5.41) is 8.93. The molecule has 1 aromatic carbocycles. The van der Waals surface area contributed by atoms with Crippen molar-refractivity contribution in [2.45, 2.75) is 25.0 Å². The number of aliphatic hydroxyl groups excluding tert-OH is 1. The van der Waals surface area contributed by atoms with E-state index in [2.05, 4.69) is 14.7 Å². The van der Waals surface area contributed by atoms with Crippen LogP contribution in [0.1, 0.15) is 17.1 Å². The van der Waals surface area contributed by atoms with Gasteiger partial charge in [0.25, 0.3) is 0 Å². The second-order valence-corrected chi connectivity index (χ2v) is 5.99. The maximum Gasteiger partial charge on any atom is 0.240 e. The molecule has 1 aromatic heterocycles. The summed E-state index contributed by atoms with van der Waals surface area (Å²) in [5.41, 5.74) is 1.27. The van der Waals surface area contributed by atoms with Gasteiger partial charge in [0, 0.05) is 6.20 Å². The number of hydrogen-bond acceptors (Lipinski definition) is 5. The summed E-state index contributed by atoms with van der Waals surface area (Å²) in [6.07, 6.45) is 1.59. The van der Waals surface area contributed by atoms with Crippen molar-refractivity contribution in [2.24, 2.45) is 0 Å². The Hall–Kier alpha value is -1.83. The van der Waals surface area contributed by atoms with Gasteiger partial charge in [0.15, 0.2) is 0 Å². The Kier molecular flexibility index (Phi) is 4.43. The molecule has 0 radical (unpaired) electrons. The average molecular weight is 293 g/mol. The Bertz CT molecular complexity index is 684. The van der Waals surface area contributed by atoms with Crippen molar-refractivity contribution in [1.82, 2.24) is 14.7 Å². The normalized spacial score (nSPS) is 11.5. The summed E-state index contributed by atoms with van der Waals surface area (Å²) in [5.74, 6) is 0.592. The lowest BCUT2D eigenvalue weighted by Crippen LogP contribution is -2.23. The maximum absolute atomic E-state index is 12.1. The zero-order valence-corrected chi connectivity index (χ0v) is 11.8. The first-order valence-electron chi connectivity index (χ1n) is 5.99. The van der Waals surface area contributed by atoms with Crippen LogP contribution in [0.5, 0.6) is 0 Å². The molecule has 0 aliphatic heterocycles. The fraction of sp³-hybridized carbons (Fsp3) is 0.231. The van der Waals surface area contributed by atoms with E-state index in [4.69, 9.17) is 5.11 Å². The van der Waals surface area contributed by atoms with Gasteiger partial charge in [-0.05, 0) is 30.7 Å². The van der Waals surface area contributed by atoms with Crippen molar-refractivity contribution < 1.29 is 13.5 Å². The van der Waals surface area contributed by atoms with Crippen LogP contribution in [0.2, 0.25) is 0 Å². The first kappa shape index (κ1) is 14.6. The van der Waals surface area contributed by atoms with E-state index in [1.807, 2.05) is 0 Å². The Morgan fingerprint density at radius 2 is 1.90 bits per heavy atom. The second kappa shape index (κ2) is 6.08. The minimum absolute atomic E-state index is 0.105. The van der Waals surface area contributed by atoms with Crippen LogP contribution in [-0.2, 0) is 23.2 Å². The van der Waals surface area contributed by atoms with Gasteiger partial charge in [-0.2, -0.15) is 0 Å². The van der Waals surface area contributed by atoms with Crippen LogP contribution >= 0.6 is 0 Å². The number of rotatable bonds is 5. The molecule has 1 heterocycles. The zero-order chi connectivity index (χ0) is 14.6. The van der Waals surface area contributed by atoms with Crippen molar-refractivity contribution in [1.29, 1.82) is 0 Å². The first-order chi connectivity index (χ1) is 9.51. The molecule has 0 saturated carbocycles. The van der Waals surface area contributed by atoms with Gasteiger partial charge in [-0.25, -0.2) is 23.1 Å². The predicted molar refractivity (Wildman–Crippen MR) is 73.2 cm³/mol. The van der Waals surface area contributed by atoms with Crippen molar-refractivity contribution >= 4 is 10.0 Å². The standard InChI is InChI=1S/C13H15N3O3S/c1-10-14-7-6-12(16-10)8-15-20(18,19)13-4-2-11(9-17)3-5-13/h2-7,15,17H,8-9H2,1H3. The van der Waals surface area contributed by atoms with Gasteiger partial charge in [-0.15, -0.1) is 0 Å². The lowest BCUT2D eigenvalue weighted by Gasteiger charge is -2.07. The zero-order valence-electron chi connectivity index (χ0n) is 10.9. The lowest BCUT2D eigenvalue weighted by atomic mass is 10.2. The molecule has 106 valence electrons. The van der Waals surface area contributed by atoms with E-state index < -0.39 is 10.0 Å². The largest absolute Gasteiger partial charge is 0.392 e. The van der Waals surface area contributed by atoms with E-state index in [-0.39, 0.29) is 18.0 Å². The predicted octanol–water partition coefficient (Wildman–Crippen LogP) is 0.756. The molecule has 0 aliphatic carbocycles. The average Bonchev–Trinajstić information content (AvgIpc) is 2.45. The van der Waals surface area contributed by atoms with E-state index in [9.17, 15) is 8.42 Å². The number of benzene rings is 1. The third-order valence-electron chi connectivity index (χ3n) is 2.69. The van der Waals surface area contributed by atoms with Crippen LogP contribution in [0, 0.1) is 6.92 Å². The van der Waals surface area contributed by atoms with Crippen molar-refractivity contribution in [2.75, 3.05) is 0 Å². The first-order valence-corrected chi connectivity index (χ1v) is 7.47. The third-order valence-corrected chi connectivity index (χ3v) is 4.11. The van der Waals surface area contributed by atoms with E-state index in [1.165, 1.54) is 12.1 Å². The van der Waals surface area contributed by atoms with Crippen molar-refractivity contribution in [3.63, 3.8) is 0 Å². The summed E-state index contributed by atoms with van der Waals surface area (Å²) in [7, 11) is -3.59. The molecule has 7 heteroatoms. The molecule has 2 rings (SSSR count). The van der Waals surface area contributed by atoms with Crippen LogP contribution in [0.15, 0.2) is 41.4 Å². The fourth-order valence-corrected chi connectivity index (χ4v) is 2.63. The summed E-state index contributed by atoms with van der Waals surface area (Å²) in [6.45, 7) is 1.73. The number of sulfonamides is 1.